The summed E-state index contributed by atoms with van der Waals surface area (Å²) in [7, 11) is 0. The zero-order chi connectivity index (χ0) is 25.1. The second kappa shape index (κ2) is 9.89. The maximum absolute atomic E-state index is 10.0. The number of aromatic hydroxyl groups is 2. The van der Waals surface area contributed by atoms with Crippen molar-refractivity contribution in [1.29, 1.82) is 0 Å². The topological polar surface area (TPSA) is 40.5 Å². The highest BCUT2D eigenvalue weighted by molar-refractivity contribution is 5.43. The first kappa shape index (κ1) is 28.1. The van der Waals surface area contributed by atoms with Gasteiger partial charge in [-0.2, -0.15) is 0 Å². The fourth-order valence-corrected chi connectivity index (χ4v) is 3.50. The van der Waals surface area contributed by atoms with Crippen molar-refractivity contribution in [3.8, 4) is 11.5 Å². The van der Waals surface area contributed by atoms with Crippen LogP contribution in [-0.4, -0.2) is 10.2 Å². The Labute approximate surface area is 198 Å². The molecule has 0 spiro atoms. The third-order valence-corrected chi connectivity index (χ3v) is 6.95. The molecule has 0 radical (unpaired) electrons. The average molecular weight is 441 g/mol. The van der Waals surface area contributed by atoms with E-state index in [9.17, 15) is 10.2 Å². The Morgan fingerprint density at radius 3 is 1.34 bits per heavy atom. The molecule has 0 fully saturated rings. The number of hydrogen-bond donors (Lipinski definition) is 2. The highest BCUT2D eigenvalue weighted by Gasteiger charge is 2.26. The summed E-state index contributed by atoms with van der Waals surface area (Å²) < 4.78 is 0. The lowest BCUT2D eigenvalue weighted by Gasteiger charge is -2.29. The van der Waals surface area contributed by atoms with Gasteiger partial charge in [-0.15, -0.1) is 0 Å². The molecule has 0 atom stereocenters. The summed E-state index contributed by atoms with van der Waals surface area (Å²) in [4.78, 5) is 0. The van der Waals surface area contributed by atoms with Crippen LogP contribution in [0, 0.1) is 0 Å². The zero-order valence-corrected chi connectivity index (χ0v) is 22.8. The normalized spacial score (nSPS) is 12.9. The predicted octanol–water partition coefficient (Wildman–Crippen LogP) is 8.75. The lowest BCUT2D eigenvalue weighted by molar-refractivity contribution is 0.425. The van der Waals surface area contributed by atoms with Crippen LogP contribution < -0.4 is 0 Å². The van der Waals surface area contributed by atoms with Crippen LogP contribution in [0.2, 0.25) is 0 Å². The van der Waals surface area contributed by atoms with Crippen molar-refractivity contribution in [2.45, 2.75) is 118 Å². The molecule has 2 nitrogen and oxygen atoms in total. The van der Waals surface area contributed by atoms with Gasteiger partial charge in [-0.05, 0) is 68.9 Å². The summed E-state index contributed by atoms with van der Waals surface area (Å²) >= 11 is 0. The molecule has 2 rings (SSSR count). The Hall–Kier alpha value is -1.96. The predicted molar refractivity (Wildman–Crippen MR) is 140 cm³/mol. The van der Waals surface area contributed by atoms with Crippen molar-refractivity contribution in [2.24, 2.45) is 0 Å². The van der Waals surface area contributed by atoms with Gasteiger partial charge in [-0.3, -0.25) is 0 Å². The minimum absolute atomic E-state index is 0.00859. The summed E-state index contributed by atoms with van der Waals surface area (Å²) in [6.45, 7) is 26.2. The van der Waals surface area contributed by atoms with E-state index in [2.05, 4.69) is 95.2 Å². The van der Waals surface area contributed by atoms with Crippen molar-refractivity contribution in [2.75, 3.05) is 0 Å². The quantitative estimate of drug-likeness (QED) is 0.499. The van der Waals surface area contributed by atoms with Crippen molar-refractivity contribution in [1.82, 2.24) is 0 Å². The van der Waals surface area contributed by atoms with E-state index in [-0.39, 0.29) is 21.7 Å². The molecule has 0 amide bonds. The first-order valence-electron chi connectivity index (χ1n) is 12.0. The monoisotopic (exact) mass is 440 g/mol. The molecule has 0 aliphatic rings. The smallest absolute Gasteiger partial charge is 0.119 e. The molecule has 0 aliphatic carbocycles. The number of hydrogen-bond acceptors (Lipinski definition) is 2. The van der Waals surface area contributed by atoms with Gasteiger partial charge in [-0.1, -0.05) is 107 Å². The fourth-order valence-electron chi connectivity index (χ4n) is 3.50. The van der Waals surface area contributed by atoms with Gasteiger partial charge in [0.15, 0.2) is 0 Å². The maximum atomic E-state index is 10.0. The van der Waals surface area contributed by atoms with Gasteiger partial charge in [0, 0.05) is 0 Å². The van der Waals surface area contributed by atoms with E-state index >= 15 is 0 Å². The Morgan fingerprint density at radius 2 is 0.938 bits per heavy atom. The third-order valence-electron chi connectivity index (χ3n) is 6.95. The molecule has 0 bridgehead atoms. The Morgan fingerprint density at radius 1 is 0.531 bits per heavy atom. The molecule has 2 heteroatoms. The molecule has 0 saturated heterocycles. The maximum Gasteiger partial charge on any atom is 0.119 e. The first-order chi connectivity index (χ1) is 14.4. The molecule has 0 aliphatic heterocycles. The molecule has 180 valence electrons. The van der Waals surface area contributed by atoms with Crippen LogP contribution in [0.25, 0.3) is 0 Å². The van der Waals surface area contributed by atoms with E-state index in [0.29, 0.717) is 11.5 Å². The molecule has 32 heavy (non-hydrogen) atoms. The van der Waals surface area contributed by atoms with Crippen LogP contribution in [-0.2, 0) is 21.7 Å². The molecule has 0 saturated carbocycles. The van der Waals surface area contributed by atoms with Gasteiger partial charge in [0.25, 0.3) is 0 Å². The van der Waals surface area contributed by atoms with Gasteiger partial charge in [0.1, 0.15) is 11.5 Å². The molecular weight excluding hydrogens is 392 g/mol. The van der Waals surface area contributed by atoms with Crippen molar-refractivity contribution in [3.63, 3.8) is 0 Å². The second-order valence-corrected chi connectivity index (χ2v) is 12.4. The SMILES string of the molecule is CC(C)(C)c1ccc(O)c(C(C)(C)C)c1.CCC(C)(C)c1ccc(O)c(C(C)(C)CC)c1. The van der Waals surface area contributed by atoms with Gasteiger partial charge in [-0.25, -0.2) is 0 Å². The van der Waals surface area contributed by atoms with E-state index in [4.69, 9.17) is 0 Å². The molecule has 2 N–H and O–H groups in total. The van der Waals surface area contributed by atoms with Crippen LogP contribution in [0.15, 0.2) is 36.4 Å². The van der Waals surface area contributed by atoms with Crippen molar-refractivity contribution < 1.29 is 10.2 Å². The number of rotatable bonds is 4. The van der Waals surface area contributed by atoms with Crippen LogP contribution >= 0.6 is 0 Å². The molecular formula is C30H48O2. The zero-order valence-electron chi connectivity index (χ0n) is 22.8. The van der Waals surface area contributed by atoms with E-state index < -0.39 is 0 Å². The van der Waals surface area contributed by atoms with Gasteiger partial charge in [0.05, 0.1) is 0 Å². The van der Waals surface area contributed by atoms with Gasteiger partial charge >= 0.3 is 0 Å². The Kier molecular flexibility index (Phi) is 8.68. The third kappa shape index (κ3) is 7.02. The average Bonchev–Trinajstić information content (AvgIpc) is 2.67. The minimum Gasteiger partial charge on any atom is -0.508 e. The van der Waals surface area contributed by atoms with Crippen LogP contribution in [0.1, 0.15) is 118 Å². The lowest BCUT2D eigenvalue weighted by atomic mass is 9.76. The standard InChI is InChI=1S/C16H26O.C14H22O/c1-7-15(3,4)12-9-10-14(17)13(11-12)16(5,6)8-2;1-13(2,3)10-7-8-12(15)11(9-10)14(4,5)6/h9-11,17H,7-8H2,1-6H3;7-9,15H,1-6H3. The molecule has 0 heterocycles. The van der Waals surface area contributed by atoms with Crippen molar-refractivity contribution >= 4 is 0 Å². The van der Waals surface area contributed by atoms with E-state index in [0.717, 1.165) is 24.0 Å². The van der Waals surface area contributed by atoms with Crippen LogP contribution in [0.4, 0.5) is 0 Å². The molecule has 2 aromatic carbocycles. The Bertz CT molecular complexity index is 890. The summed E-state index contributed by atoms with van der Waals surface area (Å²) in [5, 5.41) is 19.9. The second-order valence-electron chi connectivity index (χ2n) is 12.4. The highest BCUT2D eigenvalue weighted by Crippen LogP contribution is 2.38. The van der Waals surface area contributed by atoms with Gasteiger partial charge < -0.3 is 10.2 Å². The summed E-state index contributed by atoms with van der Waals surface area (Å²) in [6.07, 6.45) is 2.13. The minimum atomic E-state index is -0.00859. The summed E-state index contributed by atoms with van der Waals surface area (Å²) in [5.74, 6) is 0.822. The summed E-state index contributed by atoms with van der Waals surface area (Å²) in [5.41, 5.74) is 5.00. The number of benzene rings is 2. The van der Waals surface area contributed by atoms with E-state index in [1.54, 1.807) is 6.07 Å². The van der Waals surface area contributed by atoms with Gasteiger partial charge in [0.2, 0.25) is 0 Å². The fraction of sp³-hybridized carbons (Fsp3) is 0.600. The number of phenols is 2. The van der Waals surface area contributed by atoms with Crippen molar-refractivity contribution in [3.05, 3.63) is 58.7 Å². The number of phenolic OH excluding ortho intramolecular Hbond substituents is 2. The largest absolute Gasteiger partial charge is 0.508 e. The van der Waals surface area contributed by atoms with Crippen LogP contribution in [0.5, 0.6) is 11.5 Å². The molecule has 0 aromatic heterocycles. The molecule has 0 unspecified atom stereocenters. The van der Waals surface area contributed by atoms with E-state index in [1.165, 1.54) is 11.1 Å². The lowest BCUT2D eigenvalue weighted by Crippen LogP contribution is -2.20. The first-order valence-corrected chi connectivity index (χ1v) is 12.0. The molecule has 2 aromatic rings. The van der Waals surface area contributed by atoms with E-state index in [1.807, 2.05) is 18.2 Å². The summed E-state index contributed by atoms with van der Waals surface area (Å²) in [6, 6.07) is 12.0. The van der Waals surface area contributed by atoms with Crippen LogP contribution in [0.3, 0.4) is 0 Å². The highest BCUT2D eigenvalue weighted by atomic mass is 16.3. The Balaban J connectivity index is 0.000000323.